The van der Waals surface area contributed by atoms with Gasteiger partial charge in [-0.1, -0.05) is 24.3 Å². The average Bonchev–Trinajstić information content (AvgIpc) is 3.18. The number of aromatic nitrogens is 1. The smallest absolute Gasteiger partial charge is 0.273 e. The summed E-state index contributed by atoms with van der Waals surface area (Å²) in [7, 11) is 1.55. The Morgan fingerprint density at radius 1 is 1.07 bits per heavy atom. The predicted octanol–water partition coefficient (Wildman–Crippen LogP) is 3.53. The van der Waals surface area contributed by atoms with Crippen LogP contribution in [0.25, 0.3) is 0 Å². The molecule has 0 atom stereocenters. The van der Waals surface area contributed by atoms with Gasteiger partial charge in [0.15, 0.2) is 5.69 Å². The van der Waals surface area contributed by atoms with Gasteiger partial charge in [-0.3, -0.25) is 9.69 Å². The summed E-state index contributed by atoms with van der Waals surface area (Å²) in [5, 5.41) is 2.68. The fraction of sp³-hybridized carbons (Fsp3) is 0.273. The highest BCUT2D eigenvalue weighted by atomic mass is 19.1. The molecule has 1 aromatic heterocycles. The molecule has 2 aromatic carbocycles. The standard InChI is InChI=1S/C22H23F2N3O3/c1-29-10-9-25-22(28)20-15-30-21(26-20)14-27(12-16-5-7-18(23)8-6-16)13-17-3-2-4-19(24)11-17/h2-8,11,15H,9-10,12-14H2,1H3,(H,25,28). The van der Waals surface area contributed by atoms with E-state index in [9.17, 15) is 13.6 Å². The number of ether oxygens (including phenoxy) is 1. The van der Waals surface area contributed by atoms with Crippen LogP contribution in [0.4, 0.5) is 8.78 Å². The van der Waals surface area contributed by atoms with Crippen molar-refractivity contribution >= 4 is 5.91 Å². The second-order valence-corrected chi connectivity index (χ2v) is 6.78. The van der Waals surface area contributed by atoms with Crippen LogP contribution in [0.2, 0.25) is 0 Å². The second kappa shape index (κ2) is 10.6. The maximum absolute atomic E-state index is 13.6. The Morgan fingerprint density at radius 2 is 1.83 bits per heavy atom. The summed E-state index contributed by atoms with van der Waals surface area (Å²) >= 11 is 0. The zero-order chi connectivity index (χ0) is 21.3. The van der Waals surface area contributed by atoms with Crippen molar-refractivity contribution in [2.75, 3.05) is 20.3 Å². The van der Waals surface area contributed by atoms with Crippen molar-refractivity contribution in [1.29, 1.82) is 0 Å². The third-order valence-electron chi connectivity index (χ3n) is 4.35. The Hall–Kier alpha value is -3.10. The number of rotatable bonds is 10. The van der Waals surface area contributed by atoms with E-state index in [1.54, 1.807) is 25.3 Å². The van der Waals surface area contributed by atoms with Crippen LogP contribution in [-0.2, 0) is 24.4 Å². The predicted molar refractivity (Wildman–Crippen MR) is 106 cm³/mol. The molecule has 1 amide bonds. The molecule has 158 valence electrons. The van der Waals surface area contributed by atoms with Gasteiger partial charge in [0, 0.05) is 26.7 Å². The van der Waals surface area contributed by atoms with Crippen molar-refractivity contribution in [1.82, 2.24) is 15.2 Å². The molecule has 0 aliphatic heterocycles. The lowest BCUT2D eigenvalue weighted by molar-refractivity contribution is 0.0932. The van der Waals surface area contributed by atoms with Gasteiger partial charge in [-0.05, 0) is 35.4 Å². The highest BCUT2D eigenvalue weighted by Crippen LogP contribution is 2.15. The van der Waals surface area contributed by atoms with Gasteiger partial charge in [0.2, 0.25) is 5.89 Å². The molecule has 0 aliphatic rings. The molecule has 8 heteroatoms. The molecule has 0 spiro atoms. The van der Waals surface area contributed by atoms with Gasteiger partial charge in [-0.25, -0.2) is 13.8 Å². The van der Waals surface area contributed by atoms with Gasteiger partial charge in [0.1, 0.15) is 17.9 Å². The SMILES string of the molecule is COCCNC(=O)c1coc(CN(Cc2ccc(F)cc2)Cc2cccc(F)c2)n1. The number of nitrogens with one attached hydrogen (secondary N) is 1. The second-order valence-electron chi connectivity index (χ2n) is 6.78. The van der Waals surface area contributed by atoms with Crippen LogP contribution in [0.3, 0.4) is 0 Å². The molecule has 0 saturated carbocycles. The number of carbonyl (C=O) groups excluding carboxylic acids is 1. The van der Waals surface area contributed by atoms with Gasteiger partial charge >= 0.3 is 0 Å². The lowest BCUT2D eigenvalue weighted by atomic mass is 10.1. The van der Waals surface area contributed by atoms with Crippen LogP contribution in [0, 0.1) is 11.6 Å². The van der Waals surface area contributed by atoms with Crippen LogP contribution >= 0.6 is 0 Å². The molecule has 3 aromatic rings. The van der Waals surface area contributed by atoms with E-state index in [0.29, 0.717) is 38.7 Å². The summed E-state index contributed by atoms with van der Waals surface area (Å²) in [6.07, 6.45) is 1.30. The van der Waals surface area contributed by atoms with Crippen LogP contribution in [-0.4, -0.2) is 36.1 Å². The van der Waals surface area contributed by atoms with Gasteiger partial charge in [0.25, 0.3) is 5.91 Å². The Balaban J connectivity index is 1.71. The van der Waals surface area contributed by atoms with Crippen molar-refractivity contribution < 1.29 is 22.7 Å². The fourth-order valence-corrected chi connectivity index (χ4v) is 2.95. The van der Waals surface area contributed by atoms with Crippen LogP contribution in [0.5, 0.6) is 0 Å². The van der Waals surface area contributed by atoms with E-state index in [4.69, 9.17) is 9.15 Å². The first-order valence-corrected chi connectivity index (χ1v) is 9.46. The largest absolute Gasteiger partial charge is 0.447 e. The Labute approximate surface area is 173 Å². The fourth-order valence-electron chi connectivity index (χ4n) is 2.95. The average molecular weight is 415 g/mol. The van der Waals surface area contributed by atoms with E-state index < -0.39 is 0 Å². The highest BCUT2D eigenvalue weighted by Gasteiger charge is 2.16. The molecule has 0 unspecified atom stereocenters. The molecule has 0 bridgehead atoms. The lowest BCUT2D eigenvalue weighted by Gasteiger charge is -2.21. The van der Waals surface area contributed by atoms with Crippen molar-refractivity contribution in [2.45, 2.75) is 19.6 Å². The maximum Gasteiger partial charge on any atom is 0.273 e. The first kappa shape index (κ1) is 21.6. The number of halogens is 2. The highest BCUT2D eigenvalue weighted by molar-refractivity contribution is 5.91. The number of hydrogen-bond donors (Lipinski definition) is 1. The molecule has 1 N–H and O–H groups in total. The lowest BCUT2D eigenvalue weighted by Crippen LogP contribution is -2.27. The Bertz CT molecular complexity index is 960. The molecule has 0 fully saturated rings. The number of oxazole rings is 1. The van der Waals surface area contributed by atoms with E-state index in [-0.39, 0.29) is 23.2 Å². The van der Waals surface area contributed by atoms with Gasteiger partial charge in [-0.2, -0.15) is 0 Å². The normalized spacial score (nSPS) is 11.1. The number of nitrogens with zero attached hydrogens (tertiary/aromatic N) is 2. The maximum atomic E-state index is 13.6. The minimum absolute atomic E-state index is 0.175. The van der Waals surface area contributed by atoms with Crippen molar-refractivity contribution in [2.24, 2.45) is 0 Å². The molecular weight excluding hydrogens is 392 g/mol. The summed E-state index contributed by atoms with van der Waals surface area (Å²) in [6, 6.07) is 12.5. The van der Waals surface area contributed by atoms with Gasteiger partial charge in [0.05, 0.1) is 13.2 Å². The summed E-state index contributed by atoms with van der Waals surface area (Å²) in [5.41, 5.74) is 1.84. The van der Waals surface area contributed by atoms with Crippen LogP contribution < -0.4 is 5.32 Å². The molecule has 30 heavy (non-hydrogen) atoms. The number of amides is 1. The molecule has 0 aliphatic carbocycles. The first-order chi connectivity index (χ1) is 14.5. The Kier molecular flexibility index (Phi) is 7.64. The number of carbonyl (C=O) groups is 1. The van der Waals surface area contributed by atoms with E-state index in [1.165, 1.54) is 30.5 Å². The first-order valence-electron chi connectivity index (χ1n) is 9.46. The number of benzene rings is 2. The third-order valence-corrected chi connectivity index (χ3v) is 4.35. The quantitative estimate of drug-likeness (QED) is 0.513. The minimum atomic E-state index is -0.350. The third kappa shape index (κ3) is 6.47. The van der Waals surface area contributed by atoms with Gasteiger partial charge < -0.3 is 14.5 Å². The van der Waals surface area contributed by atoms with Crippen LogP contribution in [0.1, 0.15) is 27.5 Å². The number of methoxy groups -OCH3 is 1. The van der Waals surface area contributed by atoms with Crippen molar-refractivity contribution in [3.05, 3.63) is 89.1 Å². The zero-order valence-corrected chi connectivity index (χ0v) is 16.6. The summed E-state index contributed by atoms with van der Waals surface area (Å²) in [6.45, 7) is 1.95. The van der Waals surface area contributed by atoms with Crippen molar-refractivity contribution in [3.8, 4) is 0 Å². The molecule has 1 heterocycles. The number of hydrogen-bond acceptors (Lipinski definition) is 5. The molecule has 0 radical (unpaired) electrons. The Morgan fingerprint density at radius 3 is 2.57 bits per heavy atom. The monoisotopic (exact) mass is 415 g/mol. The topological polar surface area (TPSA) is 67.6 Å². The minimum Gasteiger partial charge on any atom is -0.447 e. The van der Waals surface area contributed by atoms with E-state index in [0.717, 1.165) is 11.1 Å². The van der Waals surface area contributed by atoms with E-state index >= 15 is 0 Å². The molecule has 3 rings (SSSR count). The summed E-state index contributed by atoms with van der Waals surface area (Å²) in [5.74, 6) is -0.629. The van der Waals surface area contributed by atoms with E-state index in [2.05, 4.69) is 10.3 Å². The van der Waals surface area contributed by atoms with Crippen LogP contribution in [0.15, 0.2) is 59.2 Å². The summed E-state index contributed by atoms with van der Waals surface area (Å²) in [4.78, 5) is 18.3. The molecule has 0 saturated heterocycles. The van der Waals surface area contributed by atoms with Gasteiger partial charge in [-0.15, -0.1) is 0 Å². The zero-order valence-electron chi connectivity index (χ0n) is 16.6. The van der Waals surface area contributed by atoms with E-state index in [1.807, 2.05) is 11.0 Å². The molecule has 6 nitrogen and oxygen atoms in total. The van der Waals surface area contributed by atoms with Crippen molar-refractivity contribution in [3.63, 3.8) is 0 Å². The summed E-state index contributed by atoms with van der Waals surface area (Å²) < 4.78 is 37.2. The molecular formula is C22H23F2N3O3.